The van der Waals surface area contributed by atoms with Crippen LogP contribution in [-0.2, 0) is 23.7 Å². The van der Waals surface area contributed by atoms with E-state index >= 15 is 0 Å². The second-order valence-corrected chi connectivity index (χ2v) is 6.25. The molecule has 0 spiro atoms. The van der Waals surface area contributed by atoms with E-state index in [1.807, 2.05) is 0 Å². The van der Waals surface area contributed by atoms with Gasteiger partial charge in [0.15, 0.2) is 12.6 Å². The fourth-order valence-electron chi connectivity index (χ4n) is 2.82. The quantitative estimate of drug-likeness (QED) is 0.201. The van der Waals surface area contributed by atoms with Crippen molar-refractivity contribution in [2.24, 2.45) is 0 Å². The molecule has 1 unspecified atom stereocenters. The maximum Gasteiger partial charge on any atom is 0.329 e. The molecule has 27 heavy (non-hydrogen) atoms. The third kappa shape index (κ3) is 5.10. The fourth-order valence-corrected chi connectivity index (χ4v) is 2.82. The zero-order chi connectivity index (χ0) is 20.3. The number of aliphatic hydroxyl groups is 7. The summed E-state index contributed by atoms with van der Waals surface area (Å²) in [5.74, 6) is -1.27. The molecule has 13 heteroatoms. The Labute approximate surface area is 152 Å². The van der Waals surface area contributed by atoms with E-state index in [1.165, 1.54) is 0 Å². The number of carboxylic acid groups (broad SMARTS) is 1. The second-order valence-electron chi connectivity index (χ2n) is 6.25. The standard InChI is InChI=1S/C14H24O13/c15-1-4-12(9(20)10(21)13(23)25-4)27-14-11(22)8(19)7(18)5(26-14)2-24-3-6(16)17/h4-5,7-15,18-23H,1-3H2,(H,16,17)/t4-,5-,7+,8+,9-,10-,11-,12-,13?,14+/m1/s1. The second kappa shape index (κ2) is 9.49. The molecule has 2 fully saturated rings. The van der Waals surface area contributed by atoms with Gasteiger partial charge in [-0.3, -0.25) is 0 Å². The first kappa shape index (κ1) is 22.3. The molecule has 13 nitrogen and oxygen atoms in total. The van der Waals surface area contributed by atoms with Crippen molar-refractivity contribution >= 4 is 5.97 Å². The molecule has 2 aliphatic rings. The van der Waals surface area contributed by atoms with Gasteiger partial charge in [-0.15, -0.1) is 0 Å². The minimum atomic E-state index is -1.79. The lowest BCUT2D eigenvalue weighted by atomic mass is 9.97. The first-order valence-corrected chi connectivity index (χ1v) is 8.12. The topological polar surface area (TPSA) is 216 Å². The maximum absolute atomic E-state index is 10.5. The van der Waals surface area contributed by atoms with Gasteiger partial charge in [-0.25, -0.2) is 4.79 Å². The van der Waals surface area contributed by atoms with Crippen LogP contribution in [0.3, 0.4) is 0 Å². The number of rotatable bonds is 7. The van der Waals surface area contributed by atoms with Gasteiger partial charge in [0, 0.05) is 0 Å². The van der Waals surface area contributed by atoms with Crippen LogP contribution in [0.1, 0.15) is 0 Å². The van der Waals surface area contributed by atoms with Crippen LogP contribution in [0.4, 0.5) is 0 Å². The molecule has 0 radical (unpaired) electrons. The third-order valence-corrected chi connectivity index (χ3v) is 4.31. The number of aliphatic carboxylic acids is 1. The van der Waals surface area contributed by atoms with E-state index in [9.17, 15) is 40.5 Å². The summed E-state index contributed by atoms with van der Waals surface area (Å²) in [6, 6.07) is 0. The van der Waals surface area contributed by atoms with Crippen LogP contribution in [0, 0.1) is 0 Å². The van der Waals surface area contributed by atoms with Crippen LogP contribution in [0.25, 0.3) is 0 Å². The van der Waals surface area contributed by atoms with Gasteiger partial charge in [-0.1, -0.05) is 0 Å². The van der Waals surface area contributed by atoms with E-state index in [-0.39, 0.29) is 0 Å². The molecule has 2 heterocycles. The SMILES string of the molecule is O=C(O)COC[C@H]1O[C@@H](O[C@H]2[C@H](O)[C@@H](O)C(O)O[C@@H]2CO)[C@H](O)[C@@H](O)[C@H]1O. The van der Waals surface area contributed by atoms with Crippen LogP contribution in [-0.4, -0.2) is 128 Å². The van der Waals surface area contributed by atoms with Gasteiger partial charge in [0.1, 0.15) is 55.4 Å². The smallest absolute Gasteiger partial charge is 0.329 e. The average Bonchev–Trinajstić information content (AvgIpc) is 2.63. The Hall–Kier alpha value is -0.970. The molecule has 2 saturated heterocycles. The van der Waals surface area contributed by atoms with Crippen LogP contribution in [0.15, 0.2) is 0 Å². The first-order chi connectivity index (χ1) is 12.7. The molecule has 0 bridgehead atoms. The lowest BCUT2D eigenvalue weighted by Crippen LogP contribution is -2.64. The van der Waals surface area contributed by atoms with Gasteiger partial charge in [0.05, 0.1) is 13.2 Å². The summed E-state index contributed by atoms with van der Waals surface area (Å²) in [5.41, 5.74) is 0. The number of aliphatic hydroxyl groups excluding tert-OH is 7. The number of carboxylic acids is 1. The van der Waals surface area contributed by atoms with Crippen LogP contribution >= 0.6 is 0 Å². The predicted molar refractivity (Wildman–Crippen MR) is 80.0 cm³/mol. The molecule has 0 aromatic rings. The van der Waals surface area contributed by atoms with Crippen molar-refractivity contribution < 1.29 is 64.6 Å². The molecule has 0 amide bonds. The van der Waals surface area contributed by atoms with Crippen LogP contribution < -0.4 is 0 Å². The van der Waals surface area contributed by atoms with E-state index in [1.54, 1.807) is 0 Å². The van der Waals surface area contributed by atoms with Crippen molar-refractivity contribution in [1.29, 1.82) is 0 Å². The summed E-state index contributed by atoms with van der Waals surface area (Å²) in [6.07, 6.45) is -16.1. The highest BCUT2D eigenvalue weighted by Crippen LogP contribution is 2.28. The van der Waals surface area contributed by atoms with E-state index < -0.39 is 87.2 Å². The lowest BCUT2D eigenvalue weighted by molar-refractivity contribution is -0.355. The van der Waals surface area contributed by atoms with Gasteiger partial charge in [-0.05, 0) is 0 Å². The number of hydrogen-bond acceptors (Lipinski definition) is 12. The fraction of sp³-hybridized carbons (Fsp3) is 0.929. The van der Waals surface area contributed by atoms with Crippen molar-refractivity contribution in [2.75, 3.05) is 19.8 Å². The maximum atomic E-state index is 10.5. The minimum absolute atomic E-state index is 0.453. The molecule has 2 aliphatic heterocycles. The number of ether oxygens (including phenoxy) is 4. The Balaban J connectivity index is 2.07. The number of carbonyl (C=O) groups is 1. The zero-order valence-corrected chi connectivity index (χ0v) is 14.0. The average molecular weight is 400 g/mol. The third-order valence-electron chi connectivity index (χ3n) is 4.31. The molecule has 0 aromatic heterocycles. The van der Waals surface area contributed by atoms with Crippen LogP contribution in [0.2, 0.25) is 0 Å². The largest absolute Gasteiger partial charge is 0.480 e. The van der Waals surface area contributed by atoms with Crippen molar-refractivity contribution in [1.82, 2.24) is 0 Å². The molecule has 8 N–H and O–H groups in total. The van der Waals surface area contributed by atoms with Gasteiger partial charge < -0.3 is 59.8 Å². The Morgan fingerprint density at radius 2 is 1.52 bits per heavy atom. The Morgan fingerprint density at radius 3 is 2.11 bits per heavy atom. The monoisotopic (exact) mass is 400 g/mol. The van der Waals surface area contributed by atoms with Crippen molar-refractivity contribution in [3.05, 3.63) is 0 Å². The zero-order valence-electron chi connectivity index (χ0n) is 14.0. The predicted octanol–water partition coefficient (Wildman–Crippen LogP) is -5.29. The van der Waals surface area contributed by atoms with Crippen molar-refractivity contribution in [3.63, 3.8) is 0 Å². The summed E-state index contributed by atoms with van der Waals surface area (Å²) in [7, 11) is 0. The van der Waals surface area contributed by atoms with Crippen molar-refractivity contribution in [3.8, 4) is 0 Å². The lowest BCUT2D eigenvalue weighted by Gasteiger charge is -2.45. The summed E-state index contributed by atoms with van der Waals surface area (Å²) in [5, 5.41) is 77.0. The number of hydrogen-bond donors (Lipinski definition) is 8. The van der Waals surface area contributed by atoms with E-state index in [2.05, 4.69) is 0 Å². The highest BCUT2D eigenvalue weighted by atomic mass is 16.7. The molecular weight excluding hydrogens is 376 g/mol. The van der Waals surface area contributed by atoms with E-state index in [0.717, 1.165) is 0 Å². The van der Waals surface area contributed by atoms with Gasteiger partial charge in [-0.2, -0.15) is 0 Å². The normalized spacial score (nSPS) is 45.6. The minimum Gasteiger partial charge on any atom is -0.480 e. The molecule has 0 aliphatic carbocycles. The van der Waals surface area contributed by atoms with Crippen molar-refractivity contribution in [2.45, 2.75) is 61.4 Å². The van der Waals surface area contributed by atoms with E-state index in [0.29, 0.717) is 0 Å². The summed E-state index contributed by atoms with van der Waals surface area (Å²) >= 11 is 0. The Morgan fingerprint density at radius 1 is 0.852 bits per heavy atom. The highest BCUT2D eigenvalue weighted by Gasteiger charge is 2.50. The summed E-state index contributed by atoms with van der Waals surface area (Å²) in [4.78, 5) is 10.5. The summed E-state index contributed by atoms with van der Waals surface area (Å²) in [6.45, 7) is -1.86. The van der Waals surface area contributed by atoms with Gasteiger partial charge in [0.2, 0.25) is 0 Å². The molecular formula is C14H24O13. The Bertz CT molecular complexity index is 488. The van der Waals surface area contributed by atoms with E-state index in [4.69, 9.17) is 24.1 Å². The van der Waals surface area contributed by atoms with Gasteiger partial charge in [0.25, 0.3) is 0 Å². The Kier molecular flexibility index (Phi) is 7.84. The first-order valence-electron chi connectivity index (χ1n) is 8.12. The molecule has 10 atom stereocenters. The van der Waals surface area contributed by atoms with Gasteiger partial charge >= 0.3 is 5.97 Å². The molecule has 2 rings (SSSR count). The summed E-state index contributed by atoms with van der Waals surface area (Å²) < 4.78 is 20.3. The molecule has 158 valence electrons. The highest BCUT2D eigenvalue weighted by molar-refractivity contribution is 5.67. The molecule has 0 saturated carbocycles. The van der Waals surface area contributed by atoms with Crippen LogP contribution in [0.5, 0.6) is 0 Å². The molecule has 0 aromatic carbocycles.